The molecule has 0 radical (unpaired) electrons. The van der Waals surface area contributed by atoms with E-state index >= 15 is 0 Å². The highest BCUT2D eigenvalue weighted by Crippen LogP contribution is 2.36. The van der Waals surface area contributed by atoms with E-state index in [1.807, 2.05) is 6.07 Å². The minimum Gasteiger partial charge on any atom is -0.396 e. The third kappa shape index (κ3) is 2.65. The third-order valence-electron chi connectivity index (χ3n) is 3.80. The highest BCUT2D eigenvalue weighted by molar-refractivity contribution is 5.78. The van der Waals surface area contributed by atoms with Gasteiger partial charge in [-0.15, -0.1) is 0 Å². The molecule has 1 aromatic carbocycles. The number of hydrogen-bond donors (Lipinski definition) is 1. The fourth-order valence-corrected chi connectivity index (χ4v) is 2.63. The Balaban J connectivity index is 2.05. The standard InChI is InChI=1S/C14H18FNO/c1-9(17)10-2-4-11(5-3-10)12-6-7-14(16)13(15)8-12/h6-8,10-11H,2-5,16H2,1H3. The van der Waals surface area contributed by atoms with Gasteiger partial charge in [-0.2, -0.15) is 0 Å². The van der Waals surface area contributed by atoms with E-state index in [4.69, 9.17) is 5.73 Å². The van der Waals surface area contributed by atoms with Crippen LogP contribution in [0.2, 0.25) is 0 Å². The number of rotatable bonds is 2. The lowest BCUT2D eigenvalue weighted by molar-refractivity contribution is -0.121. The summed E-state index contributed by atoms with van der Waals surface area (Å²) < 4.78 is 13.4. The van der Waals surface area contributed by atoms with Gasteiger partial charge in [-0.1, -0.05) is 6.07 Å². The lowest BCUT2D eigenvalue weighted by Gasteiger charge is -2.27. The molecule has 0 aromatic heterocycles. The maximum Gasteiger partial charge on any atom is 0.146 e. The summed E-state index contributed by atoms with van der Waals surface area (Å²) in [7, 11) is 0. The van der Waals surface area contributed by atoms with Crippen LogP contribution in [0.15, 0.2) is 18.2 Å². The first kappa shape index (κ1) is 12.1. The van der Waals surface area contributed by atoms with E-state index in [0.717, 1.165) is 31.2 Å². The Kier molecular flexibility index (Phi) is 3.46. The Morgan fingerprint density at radius 3 is 2.47 bits per heavy atom. The summed E-state index contributed by atoms with van der Waals surface area (Å²) in [5.41, 5.74) is 6.67. The van der Waals surface area contributed by atoms with Crippen molar-refractivity contribution in [3.05, 3.63) is 29.6 Å². The smallest absolute Gasteiger partial charge is 0.146 e. The van der Waals surface area contributed by atoms with Gasteiger partial charge in [0.15, 0.2) is 0 Å². The van der Waals surface area contributed by atoms with Crippen molar-refractivity contribution in [3.8, 4) is 0 Å². The SMILES string of the molecule is CC(=O)C1CCC(c2ccc(N)c(F)c2)CC1. The van der Waals surface area contributed by atoms with Gasteiger partial charge in [0.05, 0.1) is 5.69 Å². The molecule has 0 amide bonds. The molecule has 0 aliphatic heterocycles. The van der Waals surface area contributed by atoms with Gasteiger partial charge in [0, 0.05) is 5.92 Å². The van der Waals surface area contributed by atoms with Crippen molar-refractivity contribution in [1.29, 1.82) is 0 Å². The van der Waals surface area contributed by atoms with Gasteiger partial charge < -0.3 is 5.73 Å². The maximum atomic E-state index is 13.4. The predicted molar refractivity (Wildman–Crippen MR) is 66.2 cm³/mol. The minimum absolute atomic E-state index is 0.200. The van der Waals surface area contributed by atoms with Crippen molar-refractivity contribution in [2.24, 2.45) is 5.92 Å². The maximum absolute atomic E-state index is 13.4. The molecule has 2 rings (SSSR count). The summed E-state index contributed by atoms with van der Waals surface area (Å²) in [6, 6.07) is 5.06. The van der Waals surface area contributed by atoms with E-state index in [9.17, 15) is 9.18 Å². The number of benzene rings is 1. The molecule has 1 saturated carbocycles. The second-order valence-electron chi connectivity index (χ2n) is 4.94. The Hall–Kier alpha value is -1.38. The number of carbonyl (C=O) groups is 1. The Morgan fingerprint density at radius 2 is 1.94 bits per heavy atom. The van der Waals surface area contributed by atoms with Crippen molar-refractivity contribution < 1.29 is 9.18 Å². The first-order chi connectivity index (χ1) is 8.08. The molecule has 0 saturated heterocycles. The van der Waals surface area contributed by atoms with Crippen LogP contribution in [0, 0.1) is 11.7 Å². The normalized spacial score (nSPS) is 24.6. The van der Waals surface area contributed by atoms with Crippen molar-refractivity contribution >= 4 is 11.5 Å². The van der Waals surface area contributed by atoms with Crippen LogP contribution in [0.3, 0.4) is 0 Å². The fraction of sp³-hybridized carbons (Fsp3) is 0.500. The van der Waals surface area contributed by atoms with E-state index in [1.165, 1.54) is 6.07 Å². The molecule has 92 valence electrons. The highest BCUT2D eigenvalue weighted by atomic mass is 19.1. The summed E-state index contributed by atoms with van der Waals surface area (Å²) in [6.45, 7) is 1.66. The molecule has 0 unspecified atom stereocenters. The van der Waals surface area contributed by atoms with E-state index in [2.05, 4.69) is 0 Å². The molecule has 0 atom stereocenters. The topological polar surface area (TPSA) is 43.1 Å². The van der Waals surface area contributed by atoms with Gasteiger partial charge in [0.2, 0.25) is 0 Å². The van der Waals surface area contributed by atoms with Crippen LogP contribution in [0.5, 0.6) is 0 Å². The molecule has 2 nitrogen and oxygen atoms in total. The van der Waals surface area contributed by atoms with Crippen molar-refractivity contribution in [3.63, 3.8) is 0 Å². The van der Waals surface area contributed by atoms with Crippen LogP contribution < -0.4 is 5.73 Å². The molecule has 0 heterocycles. The number of Topliss-reactive ketones (excluding diaryl/α,β-unsaturated/α-hetero) is 1. The molecule has 17 heavy (non-hydrogen) atoms. The summed E-state index contributed by atoms with van der Waals surface area (Å²) in [4.78, 5) is 11.3. The highest BCUT2D eigenvalue weighted by Gasteiger charge is 2.25. The summed E-state index contributed by atoms with van der Waals surface area (Å²) in [5, 5.41) is 0. The summed E-state index contributed by atoms with van der Waals surface area (Å²) >= 11 is 0. The Labute approximate surface area is 101 Å². The van der Waals surface area contributed by atoms with E-state index in [0.29, 0.717) is 5.92 Å². The van der Waals surface area contributed by atoms with Crippen molar-refractivity contribution in [1.82, 2.24) is 0 Å². The first-order valence-corrected chi connectivity index (χ1v) is 6.13. The molecule has 2 N–H and O–H groups in total. The fourth-order valence-electron chi connectivity index (χ4n) is 2.63. The number of nitrogens with two attached hydrogens (primary N) is 1. The quantitative estimate of drug-likeness (QED) is 0.799. The third-order valence-corrected chi connectivity index (χ3v) is 3.80. The molecule has 1 aliphatic carbocycles. The summed E-state index contributed by atoms with van der Waals surface area (Å²) in [6.07, 6.45) is 3.78. The number of anilines is 1. The average molecular weight is 235 g/mol. The van der Waals surface area contributed by atoms with Crippen LogP contribution in [0.4, 0.5) is 10.1 Å². The molecule has 0 bridgehead atoms. The van der Waals surface area contributed by atoms with Gasteiger partial charge >= 0.3 is 0 Å². The number of carbonyl (C=O) groups excluding carboxylic acids is 1. The molecule has 1 fully saturated rings. The molecule has 1 aromatic rings. The van der Waals surface area contributed by atoms with Crippen LogP contribution in [-0.4, -0.2) is 5.78 Å². The average Bonchev–Trinajstić information content (AvgIpc) is 2.33. The molecule has 3 heteroatoms. The zero-order valence-electron chi connectivity index (χ0n) is 10.1. The molecular weight excluding hydrogens is 217 g/mol. The monoisotopic (exact) mass is 235 g/mol. The Bertz CT molecular complexity index is 422. The van der Waals surface area contributed by atoms with Gasteiger partial charge in [0.1, 0.15) is 11.6 Å². The minimum atomic E-state index is -0.337. The van der Waals surface area contributed by atoms with E-state index in [1.54, 1.807) is 13.0 Å². The van der Waals surface area contributed by atoms with E-state index < -0.39 is 0 Å². The number of nitrogen functional groups attached to an aromatic ring is 1. The van der Waals surface area contributed by atoms with E-state index in [-0.39, 0.29) is 23.2 Å². The number of hydrogen-bond acceptors (Lipinski definition) is 2. The van der Waals surface area contributed by atoms with Gasteiger partial charge in [-0.05, 0) is 56.2 Å². The zero-order chi connectivity index (χ0) is 12.4. The molecular formula is C14H18FNO. The van der Waals surface area contributed by atoms with Crippen LogP contribution in [-0.2, 0) is 4.79 Å². The van der Waals surface area contributed by atoms with Crippen LogP contribution in [0.1, 0.15) is 44.1 Å². The van der Waals surface area contributed by atoms with Gasteiger partial charge in [0.25, 0.3) is 0 Å². The van der Waals surface area contributed by atoms with Gasteiger partial charge in [-0.25, -0.2) is 4.39 Å². The largest absolute Gasteiger partial charge is 0.396 e. The zero-order valence-corrected chi connectivity index (χ0v) is 10.1. The molecule has 1 aliphatic rings. The first-order valence-electron chi connectivity index (χ1n) is 6.13. The Morgan fingerprint density at radius 1 is 1.29 bits per heavy atom. The van der Waals surface area contributed by atoms with Gasteiger partial charge in [-0.3, -0.25) is 4.79 Å². The second-order valence-corrected chi connectivity index (χ2v) is 4.94. The number of ketones is 1. The van der Waals surface area contributed by atoms with Crippen molar-refractivity contribution in [2.45, 2.75) is 38.5 Å². The second kappa shape index (κ2) is 4.86. The number of halogens is 1. The lowest BCUT2D eigenvalue weighted by Crippen LogP contribution is -2.19. The van der Waals surface area contributed by atoms with Crippen LogP contribution in [0.25, 0.3) is 0 Å². The lowest BCUT2D eigenvalue weighted by atomic mass is 9.77. The molecule has 0 spiro atoms. The van der Waals surface area contributed by atoms with Crippen LogP contribution >= 0.6 is 0 Å². The summed E-state index contributed by atoms with van der Waals surface area (Å²) in [5.74, 6) is 0.536. The predicted octanol–water partition coefficient (Wildman–Crippen LogP) is 3.27. The van der Waals surface area contributed by atoms with Crippen molar-refractivity contribution in [2.75, 3.05) is 5.73 Å².